The SMILES string of the molecule is CCCNC(=O)CN1CCN(C(=O)CN(C)Cc2ccc(C(F)(F)F)cc2)CC1. The van der Waals surface area contributed by atoms with Crippen LogP contribution in [0.5, 0.6) is 0 Å². The number of likely N-dealkylation sites (N-methyl/N-ethyl adjacent to an activating group) is 1. The average molecular weight is 414 g/mol. The van der Waals surface area contributed by atoms with Crippen molar-refractivity contribution in [2.75, 3.05) is 52.9 Å². The lowest BCUT2D eigenvalue weighted by molar-refractivity contribution is -0.137. The van der Waals surface area contributed by atoms with Gasteiger partial charge < -0.3 is 10.2 Å². The molecule has 1 fully saturated rings. The number of hydrogen-bond donors (Lipinski definition) is 1. The van der Waals surface area contributed by atoms with Gasteiger partial charge in [-0.3, -0.25) is 19.4 Å². The lowest BCUT2D eigenvalue weighted by atomic mass is 10.1. The van der Waals surface area contributed by atoms with E-state index in [-0.39, 0.29) is 18.4 Å². The average Bonchev–Trinajstić information content (AvgIpc) is 2.66. The highest BCUT2D eigenvalue weighted by atomic mass is 19.4. The van der Waals surface area contributed by atoms with Crippen molar-refractivity contribution in [2.45, 2.75) is 26.1 Å². The Labute approximate surface area is 169 Å². The molecule has 0 atom stereocenters. The monoisotopic (exact) mass is 414 g/mol. The van der Waals surface area contributed by atoms with Crippen LogP contribution in [-0.2, 0) is 22.3 Å². The van der Waals surface area contributed by atoms with Crippen LogP contribution in [-0.4, -0.2) is 79.4 Å². The first-order valence-electron chi connectivity index (χ1n) is 9.80. The third-order valence-corrected chi connectivity index (χ3v) is 4.80. The fraction of sp³-hybridized carbons (Fsp3) is 0.600. The fourth-order valence-electron chi connectivity index (χ4n) is 3.18. The molecule has 2 amide bonds. The van der Waals surface area contributed by atoms with Crippen LogP contribution < -0.4 is 5.32 Å². The number of rotatable bonds is 8. The van der Waals surface area contributed by atoms with E-state index >= 15 is 0 Å². The molecule has 0 radical (unpaired) electrons. The van der Waals surface area contributed by atoms with Gasteiger partial charge in [0, 0.05) is 39.3 Å². The number of hydrogen-bond acceptors (Lipinski definition) is 4. The standard InChI is InChI=1S/C20H29F3N4O2/c1-3-8-24-18(28)14-26-9-11-27(12-10-26)19(29)15-25(2)13-16-4-6-17(7-5-16)20(21,22)23/h4-7H,3,8-15H2,1-2H3,(H,24,28). The lowest BCUT2D eigenvalue weighted by Crippen LogP contribution is -2.52. The van der Waals surface area contributed by atoms with Crippen molar-refractivity contribution >= 4 is 11.8 Å². The van der Waals surface area contributed by atoms with Crippen molar-refractivity contribution in [3.8, 4) is 0 Å². The van der Waals surface area contributed by atoms with Crippen LogP contribution in [0.2, 0.25) is 0 Å². The van der Waals surface area contributed by atoms with E-state index in [1.165, 1.54) is 12.1 Å². The van der Waals surface area contributed by atoms with E-state index in [0.29, 0.717) is 45.8 Å². The Morgan fingerprint density at radius 3 is 2.28 bits per heavy atom. The quantitative estimate of drug-likeness (QED) is 0.705. The normalized spacial score (nSPS) is 15.6. The van der Waals surface area contributed by atoms with E-state index < -0.39 is 11.7 Å². The zero-order chi connectivity index (χ0) is 21.4. The van der Waals surface area contributed by atoms with Gasteiger partial charge >= 0.3 is 6.18 Å². The number of alkyl halides is 3. The number of amides is 2. The Balaban J connectivity index is 1.74. The van der Waals surface area contributed by atoms with Crippen molar-refractivity contribution in [3.63, 3.8) is 0 Å². The summed E-state index contributed by atoms with van der Waals surface area (Å²) in [5.74, 6) is -0.0163. The first-order chi connectivity index (χ1) is 13.7. The van der Waals surface area contributed by atoms with Gasteiger partial charge in [-0.05, 0) is 31.2 Å². The van der Waals surface area contributed by atoms with E-state index in [0.717, 1.165) is 24.1 Å². The Morgan fingerprint density at radius 1 is 1.10 bits per heavy atom. The maximum Gasteiger partial charge on any atom is 0.416 e. The van der Waals surface area contributed by atoms with Crippen LogP contribution >= 0.6 is 0 Å². The largest absolute Gasteiger partial charge is 0.416 e. The second-order valence-electron chi connectivity index (χ2n) is 7.37. The fourth-order valence-corrected chi connectivity index (χ4v) is 3.18. The van der Waals surface area contributed by atoms with Crippen molar-refractivity contribution in [3.05, 3.63) is 35.4 Å². The van der Waals surface area contributed by atoms with E-state index in [9.17, 15) is 22.8 Å². The van der Waals surface area contributed by atoms with Crippen LogP contribution in [0.15, 0.2) is 24.3 Å². The minimum atomic E-state index is -4.35. The molecule has 0 aromatic heterocycles. The van der Waals surface area contributed by atoms with E-state index in [4.69, 9.17) is 0 Å². The maximum absolute atomic E-state index is 12.6. The summed E-state index contributed by atoms with van der Waals surface area (Å²) in [7, 11) is 1.77. The number of benzene rings is 1. The molecular formula is C20H29F3N4O2. The Hall–Kier alpha value is -2.13. The Morgan fingerprint density at radius 2 is 1.72 bits per heavy atom. The van der Waals surface area contributed by atoms with Gasteiger partial charge in [0.25, 0.3) is 0 Å². The number of carbonyl (C=O) groups excluding carboxylic acids is 2. The number of piperazine rings is 1. The molecule has 162 valence electrons. The summed E-state index contributed by atoms with van der Waals surface area (Å²) in [6.07, 6.45) is -3.45. The van der Waals surface area contributed by atoms with Crippen molar-refractivity contribution in [2.24, 2.45) is 0 Å². The molecule has 6 nitrogen and oxygen atoms in total. The molecule has 0 bridgehead atoms. The second kappa shape index (κ2) is 10.6. The highest BCUT2D eigenvalue weighted by Gasteiger charge is 2.30. The van der Waals surface area contributed by atoms with E-state index in [1.807, 2.05) is 11.8 Å². The minimum absolute atomic E-state index is 0.00269. The lowest BCUT2D eigenvalue weighted by Gasteiger charge is -2.35. The molecule has 1 heterocycles. The topological polar surface area (TPSA) is 55.9 Å². The summed E-state index contributed by atoms with van der Waals surface area (Å²) in [5.41, 5.74) is 0.0393. The number of halogens is 3. The Bertz CT molecular complexity index is 671. The summed E-state index contributed by atoms with van der Waals surface area (Å²) < 4.78 is 37.9. The first-order valence-corrected chi connectivity index (χ1v) is 9.80. The highest BCUT2D eigenvalue weighted by molar-refractivity contribution is 5.79. The molecule has 29 heavy (non-hydrogen) atoms. The summed E-state index contributed by atoms with van der Waals surface area (Å²) in [6.45, 7) is 6.01. The number of nitrogens with one attached hydrogen (secondary N) is 1. The molecule has 1 saturated heterocycles. The molecule has 9 heteroatoms. The van der Waals surface area contributed by atoms with Crippen LogP contribution in [0.1, 0.15) is 24.5 Å². The third-order valence-electron chi connectivity index (χ3n) is 4.80. The molecule has 0 spiro atoms. The zero-order valence-corrected chi connectivity index (χ0v) is 17.0. The molecule has 1 N–H and O–H groups in total. The number of nitrogens with zero attached hydrogens (tertiary/aromatic N) is 3. The molecular weight excluding hydrogens is 385 g/mol. The van der Waals surface area contributed by atoms with Gasteiger partial charge in [0.1, 0.15) is 0 Å². The molecule has 0 saturated carbocycles. The maximum atomic E-state index is 12.6. The summed E-state index contributed by atoms with van der Waals surface area (Å²) >= 11 is 0. The molecule has 0 unspecified atom stereocenters. The molecule has 0 aliphatic carbocycles. The molecule has 1 aliphatic heterocycles. The highest BCUT2D eigenvalue weighted by Crippen LogP contribution is 2.29. The van der Waals surface area contributed by atoms with Gasteiger partial charge in [0.05, 0.1) is 18.7 Å². The smallest absolute Gasteiger partial charge is 0.355 e. The van der Waals surface area contributed by atoms with Gasteiger partial charge in [-0.25, -0.2) is 0 Å². The molecule has 1 aromatic carbocycles. The predicted octanol–water partition coefficient (Wildman–Crippen LogP) is 1.81. The Kier molecular flexibility index (Phi) is 8.45. The summed E-state index contributed by atoms with van der Waals surface area (Å²) in [6, 6.07) is 4.99. The van der Waals surface area contributed by atoms with Gasteiger partial charge in [-0.2, -0.15) is 13.2 Å². The number of carbonyl (C=O) groups is 2. The van der Waals surface area contributed by atoms with Gasteiger partial charge in [-0.1, -0.05) is 19.1 Å². The zero-order valence-electron chi connectivity index (χ0n) is 17.0. The summed E-state index contributed by atoms with van der Waals surface area (Å²) in [4.78, 5) is 29.9. The third kappa shape index (κ3) is 7.66. The van der Waals surface area contributed by atoms with Crippen LogP contribution in [0.4, 0.5) is 13.2 Å². The van der Waals surface area contributed by atoms with Crippen LogP contribution in [0.3, 0.4) is 0 Å². The summed E-state index contributed by atoms with van der Waals surface area (Å²) in [5, 5.41) is 2.84. The molecule has 1 aliphatic rings. The second-order valence-corrected chi connectivity index (χ2v) is 7.37. The molecule has 1 aromatic rings. The van der Waals surface area contributed by atoms with Crippen molar-refractivity contribution < 1.29 is 22.8 Å². The van der Waals surface area contributed by atoms with E-state index in [1.54, 1.807) is 16.8 Å². The van der Waals surface area contributed by atoms with Crippen LogP contribution in [0.25, 0.3) is 0 Å². The van der Waals surface area contributed by atoms with Gasteiger partial charge in [0.15, 0.2) is 0 Å². The minimum Gasteiger partial charge on any atom is -0.355 e. The van der Waals surface area contributed by atoms with Crippen molar-refractivity contribution in [1.29, 1.82) is 0 Å². The first kappa shape index (κ1) is 23.2. The molecule has 2 rings (SSSR count). The van der Waals surface area contributed by atoms with Gasteiger partial charge in [-0.15, -0.1) is 0 Å². The van der Waals surface area contributed by atoms with Crippen LogP contribution in [0, 0.1) is 0 Å². The van der Waals surface area contributed by atoms with Crippen molar-refractivity contribution in [1.82, 2.24) is 20.0 Å². The predicted molar refractivity (Wildman–Crippen MR) is 104 cm³/mol. The van der Waals surface area contributed by atoms with E-state index in [2.05, 4.69) is 5.32 Å². The van der Waals surface area contributed by atoms with Gasteiger partial charge in [0.2, 0.25) is 11.8 Å².